The van der Waals surface area contributed by atoms with Crippen LogP contribution in [0, 0.1) is 6.92 Å². The predicted octanol–water partition coefficient (Wildman–Crippen LogP) is 3.00. The molecule has 4 heteroatoms. The van der Waals surface area contributed by atoms with Crippen LogP contribution in [0.4, 0.5) is 0 Å². The van der Waals surface area contributed by atoms with Gasteiger partial charge in [-0.2, -0.15) is 0 Å². The fourth-order valence-electron chi connectivity index (χ4n) is 2.02. The molecule has 0 atom stereocenters. The van der Waals surface area contributed by atoms with E-state index in [-0.39, 0.29) is 0 Å². The van der Waals surface area contributed by atoms with E-state index in [9.17, 15) is 0 Å². The second-order valence-electron chi connectivity index (χ2n) is 4.58. The minimum Gasteiger partial charge on any atom is -0.468 e. The van der Waals surface area contributed by atoms with Gasteiger partial charge in [-0.1, -0.05) is 0 Å². The first kappa shape index (κ1) is 13.3. The first-order valence-electron chi connectivity index (χ1n) is 6.12. The molecule has 0 spiro atoms. The molecule has 0 amide bonds. The summed E-state index contributed by atoms with van der Waals surface area (Å²) in [5.41, 5.74) is 1.42. The molecule has 18 heavy (non-hydrogen) atoms. The zero-order chi connectivity index (χ0) is 13.0. The monoisotopic (exact) mass is 264 g/mol. The van der Waals surface area contributed by atoms with Crippen molar-refractivity contribution in [3.8, 4) is 0 Å². The van der Waals surface area contributed by atoms with E-state index in [0.29, 0.717) is 0 Å². The maximum absolute atomic E-state index is 5.37. The summed E-state index contributed by atoms with van der Waals surface area (Å²) in [6.07, 6.45) is 1.73. The fraction of sp³-hybridized carbons (Fsp3) is 0.429. The van der Waals surface area contributed by atoms with Crippen molar-refractivity contribution in [2.24, 2.45) is 0 Å². The topological polar surface area (TPSA) is 28.4 Å². The lowest BCUT2D eigenvalue weighted by atomic mass is 10.2. The summed E-state index contributed by atoms with van der Waals surface area (Å²) in [5.74, 6) is 1.01. The Balaban J connectivity index is 1.95. The molecule has 0 bridgehead atoms. The van der Waals surface area contributed by atoms with Gasteiger partial charge < -0.3 is 9.73 Å². The van der Waals surface area contributed by atoms with E-state index in [1.807, 2.05) is 30.5 Å². The highest BCUT2D eigenvalue weighted by molar-refractivity contribution is 7.12. The molecule has 0 saturated carbocycles. The Morgan fingerprint density at radius 3 is 2.89 bits per heavy atom. The van der Waals surface area contributed by atoms with Gasteiger partial charge in [-0.25, -0.2) is 0 Å². The number of hydrogen-bond acceptors (Lipinski definition) is 4. The zero-order valence-corrected chi connectivity index (χ0v) is 12.0. The number of thiophene rings is 1. The minimum atomic E-state index is 0.851. The average Bonchev–Trinajstić information content (AvgIpc) is 2.91. The summed E-state index contributed by atoms with van der Waals surface area (Å²) in [6.45, 7) is 4.96. The van der Waals surface area contributed by atoms with Crippen LogP contribution in [0.2, 0.25) is 0 Å². The summed E-state index contributed by atoms with van der Waals surface area (Å²) in [7, 11) is 4.11. The molecule has 0 aromatic carbocycles. The average molecular weight is 264 g/mol. The molecule has 0 unspecified atom stereocenters. The van der Waals surface area contributed by atoms with Gasteiger partial charge in [0.25, 0.3) is 0 Å². The molecule has 0 saturated heterocycles. The van der Waals surface area contributed by atoms with Gasteiger partial charge in [0.2, 0.25) is 0 Å². The van der Waals surface area contributed by atoms with Crippen LogP contribution in [0.5, 0.6) is 0 Å². The minimum absolute atomic E-state index is 0.851. The van der Waals surface area contributed by atoms with Crippen LogP contribution >= 0.6 is 11.3 Å². The van der Waals surface area contributed by atoms with Gasteiger partial charge in [0, 0.05) is 22.8 Å². The van der Waals surface area contributed by atoms with Crippen molar-refractivity contribution in [1.82, 2.24) is 10.2 Å². The van der Waals surface area contributed by atoms with Crippen molar-refractivity contribution < 1.29 is 4.42 Å². The molecule has 0 radical (unpaired) electrons. The Morgan fingerprint density at radius 1 is 1.39 bits per heavy atom. The second kappa shape index (κ2) is 6.18. The van der Waals surface area contributed by atoms with Crippen LogP contribution in [-0.2, 0) is 19.6 Å². The Bertz CT molecular complexity index is 476. The van der Waals surface area contributed by atoms with Crippen LogP contribution in [0.3, 0.4) is 0 Å². The van der Waals surface area contributed by atoms with E-state index in [0.717, 1.165) is 25.4 Å². The number of furan rings is 1. The number of aryl methyl sites for hydroxylation is 1. The van der Waals surface area contributed by atoms with E-state index in [1.54, 1.807) is 6.26 Å². The molecular weight excluding hydrogens is 244 g/mol. The number of nitrogens with one attached hydrogen (secondary N) is 1. The summed E-state index contributed by atoms with van der Waals surface area (Å²) >= 11 is 1.88. The van der Waals surface area contributed by atoms with Crippen LogP contribution in [0.15, 0.2) is 28.9 Å². The van der Waals surface area contributed by atoms with E-state index >= 15 is 0 Å². The molecule has 0 aliphatic carbocycles. The number of nitrogens with zero attached hydrogens (tertiary/aromatic N) is 1. The highest BCUT2D eigenvalue weighted by Gasteiger charge is 2.09. The van der Waals surface area contributed by atoms with Crippen molar-refractivity contribution >= 4 is 11.3 Å². The normalized spacial score (nSPS) is 11.3. The molecule has 0 aliphatic heterocycles. The predicted molar refractivity (Wildman–Crippen MR) is 75.7 cm³/mol. The smallest absolute Gasteiger partial charge is 0.117 e. The van der Waals surface area contributed by atoms with E-state index < -0.39 is 0 Å². The maximum atomic E-state index is 5.37. The molecule has 2 rings (SSSR count). The first-order chi connectivity index (χ1) is 8.69. The third kappa shape index (κ3) is 3.45. The molecular formula is C14H20N2OS. The summed E-state index contributed by atoms with van der Waals surface area (Å²) < 4.78 is 5.37. The number of rotatable bonds is 6. The lowest BCUT2D eigenvalue weighted by molar-refractivity contribution is 0.287. The highest BCUT2D eigenvalue weighted by atomic mass is 32.1. The van der Waals surface area contributed by atoms with E-state index in [1.165, 1.54) is 15.3 Å². The molecule has 2 aromatic heterocycles. The molecule has 2 aromatic rings. The highest BCUT2D eigenvalue weighted by Crippen LogP contribution is 2.23. The van der Waals surface area contributed by atoms with Crippen molar-refractivity contribution in [3.05, 3.63) is 45.5 Å². The van der Waals surface area contributed by atoms with Crippen LogP contribution < -0.4 is 5.32 Å². The SMILES string of the molecule is CNCc1cc(CN(C)Cc2ccco2)c(C)s1. The Labute approximate surface area is 112 Å². The van der Waals surface area contributed by atoms with Crippen LogP contribution in [-0.4, -0.2) is 19.0 Å². The zero-order valence-electron chi connectivity index (χ0n) is 11.2. The van der Waals surface area contributed by atoms with Crippen LogP contribution in [0.25, 0.3) is 0 Å². The van der Waals surface area contributed by atoms with Gasteiger partial charge in [0.15, 0.2) is 0 Å². The van der Waals surface area contributed by atoms with Crippen molar-refractivity contribution in [1.29, 1.82) is 0 Å². The summed E-state index contributed by atoms with van der Waals surface area (Å²) in [4.78, 5) is 5.08. The van der Waals surface area contributed by atoms with E-state index in [2.05, 4.69) is 30.3 Å². The number of hydrogen-bond donors (Lipinski definition) is 1. The molecule has 0 aliphatic rings. The molecule has 2 heterocycles. The molecule has 0 fully saturated rings. The Kier molecular flexibility index (Phi) is 4.58. The lowest BCUT2D eigenvalue weighted by Crippen LogP contribution is -2.16. The van der Waals surface area contributed by atoms with Crippen molar-refractivity contribution in [2.75, 3.05) is 14.1 Å². The Morgan fingerprint density at radius 2 is 2.22 bits per heavy atom. The van der Waals surface area contributed by atoms with Gasteiger partial charge in [0.05, 0.1) is 12.8 Å². The van der Waals surface area contributed by atoms with Gasteiger partial charge in [-0.05, 0) is 44.8 Å². The third-order valence-corrected chi connectivity index (χ3v) is 3.96. The lowest BCUT2D eigenvalue weighted by Gasteiger charge is -2.14. The maximum Gasteiger partial charge on any atom is 0.117 e. The molecule has 98 valence electrons. The summed E-state index contributed by atoms with van der Waals surface area (Å²) in [6, 6.07) is 6.25. The van der Waals surface area contributed by atoms with Gasteiger partial charge in [0.1, 0.15) is 5.76 Å². The third-order valence-electron chi connectivity index (χ3n) is 2.87. The Hall–Kier alpha value is -1.10. The van der Waals surface area contributed by atoms with E-state index in [4.69, 9.17) is 4.42 Å². The van der Waals surface area contributed by atoms with Crippen LogP contribution in [0.1, 0.15) is 21.1 Å². The standard InChI is InChI=1S/C14H20N2OS/c1-11-12(7-14(18-11)8-15-2)9-16(3)10-13-5-4-6-17-13/h4-7,15H,8-10H2,1-3H3. The molecule has 1 N–H and O–H groups in total. The van der Waals surface area contributed by atoms with Crippen molar-refractivity contribution in [3.63, 3.8) is 0 Å². The fourth-order valence-corrected chi connectivity index (χ4v) is 3.09. The van der Waals surface area contributed by atoms with Crippen molar-refractivity contribution in [2.45, 2.75) is 26.6 Å². The van der Waals surface area contributed by atoms with Gasteiger partial charge in [-0.15, -0.1) is 11.3 Å². The second-order valence-corrected chi connectivity index (χ2v) is 5.92. The van der Waals surface area contributed by atoms with Gasteiger partial charge >= 0.3 is 0 Å². The molecule has 3 nitrogen and oxygen atoms in total. The quantitative estimate of drug-likeness (QED) is 0.869. The largest absolute Gasteiger partial charge is 0.468 e. The van der Waals surface area contributed by atoms with Gasteiger partial charge in [-0.3, -0.25) is 4.90 Å². The first-order valence-corrected chi connectivity index (χ1v) is 6.94. The summed E-state index contributed by atoms with van der Waals surface area (Å²) in [5, 5.41) is 3.20.